The number of carbonyl (C=O) groups is 3. The minimum absolute atomic E-state index is 0.0971. The van der Waals surface area contributed by atoms with Gasteiger partial charge in [-0.05, 0) is 60.7 Å². The average Bonchev–Trinajstić information content (AvgIpc) is 3.52. The summed E-state index contributed by atoms with van der Waals surface area (Å²) >= 11 is 0. The highest BCUT2D eigenvalue weighted by atomic mass is 16.5. The summed E-state index contributed by atoms with van der Waals surface area (Å²) in [5, 5.41) is 9.54. The summed E-state index contributed by atoms with van der Waals surface area (Å²) in [5.74, 6) is -0.156. The van der Waals surface area contributed by atoms with Crippen LogP contribution in [0.5, 0.6) is 5.75 Å². The van der Waals surface area contributed by atoms with Crippen molar-refractivity contribution in [3.8, 4) is 5.75 Å². The Balaban J connectivity index is 1.33. The van der Waals surface area contributed by atoms with E-state index in [0.717, 1.165) is 0 Å². The fraction of sp³-hybridized carbons (Fsp3) is 0.120. The Morgan fingerprint density at radius 2 is 1.66 bits per heavy atom. The highest BCUT2D eigenvalue weighted by Crippen LogP contribution is 2.19. The van der Waals surface area contributed by atoms with E-state index in [-0.39, 0.29) is 24.0 Å². The molecule has 2 aromatic carbocycles. The molecule has 0 spiro atoms. The molecule has 0 bridgehead atoms. The molecule has 0 aliphatic rings. The van der Waals surface area contributed by atoms with Crippen molar-refractivity contribution < 1.29 is 28.3 Å². The zero-order valence-corrected chi connectivity index (χ0v) is 19.0. The molecule has 0 saturated heterocycles. The minimum Gasteiger partial charge on any atom is -0.486 e. The van der Waals surface area contributed by atoms with Gasteiger partial charge in [-0.2, -0.15) is 5.10 Å². The van der Waals surface area contributed by atoms with Gasteiger partial charge in [-0.25, -0.2) is 4.79 Å². The molecule has 0 aliphatic carbocycles. The summed E-state index contributed by atoms with van der Waals surface area (Å²) in [6.45, 7) is 0.0971. The van der Waals surface area contributed by atoms with Crippen LogP contribution in [0.1, 0.15) is 37.2 Å². The zero-order chi connectivity index (χ0) is 24.8. The van der Waals surface area contributed by atoms with E-state index in [2.05, 4.69) is 20.5 Å². The molecule has 0 unspecified atom stereocenters. The third kappa shape index (κ3) is 5.93. The first-order valence-corrected chi connectivity index (χ1v) is 10.5. The van der Waals surface area contributed by atoms with Crippen molar-refractivity contribution in [3.63, 3.8) is 0 Å². The van der Waals surface area contributed by atoms with Gasteiger partial charge in [0.15, 0.2) is 11.5 Å². The van der Waals surface area contributed by atoms with Crippen molar-refractivity contribution in [1.29, 1.82) is 0 Å². The van der Waals surface area contributed by atoms with Crippen LogP contribution in [0, 0.1) is 0 Å². The Morgan fingerprint density at radius 1 is 0.943 bits per heavy atom. The van der Waals surface area contributed by atoms with E-state index >= 15 is 0 Å². The number of nitrogens with zero attached hydrogens (tertiary/aromatic N) is 2. The molecule has 2 N–H and O–H groups in total. The van der Waals surface area contributed by atoms with Gasteiger partial charge in [-0.15, -0.1) is 0 Å². The first-order chi connectivity index (χ1) is 16.9. The number of amides is 2. The van der Waals surface area contributed by atoms with Crippen molar-refractivity contribution in [2.45, 2.75) is 6.61 Å². The monoisotopic (exact) mass is 474 g/mol. The van der Waals surface area contributed by atoms with E-state index in [0.29, 0.717) is 28.4 Å². The molecule has 2 amide bonds. The topological polar surface area (TPSA) is 125 Å². The van der Waals surface area contributed by atoms with Crippen molar-refractivity contribution in [1.82, 2.24) is 9.78 Å². The number of hydrogen-bond donors (Lipinski definition) is 2. The van der Waals surface area contributed by atoms with E-state index < -0.39 is 11.9 Å². The van der Waals surface area contributed by atoms with E-state index in [4.69, 9.17) is 9.15 Å². The SMILES string of the molecule is COC(=O)c1ccc(OCc2ccc(C(=O)Nc3cccc(NC(=O)c4ccn(C)n4)c3)o2)cc1. The second-order valence-corrected chi connectivity index (χ2v) is 7.43. The molecule has 0 atom stereocenters. The summed E-state index contributed by atoms with van der Waals surface area (Å²) in [7, 11) is 3.04. The number of nitrogens with one attached hydrogen (secondary N) is 2. The third-order valence-corrected chi connectivity index (χ3v) is 4.87. The Bertz CT molecular complexity index is 1360. The van der Waals surface area contributed by atoms with Gasteiger partial charge in [0.05, 0.1) is 12.7 Å². The van der Waals surface area contributed by atoms with E-state index in [9.17, 15) is 14.4 Å². The average molecular weight is 474 g/mol. The first kappa shape index (κ1) is 23.3. The van der Waals surface area contributed by atoms with Crippen LogP contribution in [-0.2, 0) is 18.4 Å². The van der Waals surface area contributed by atoms with Crippen molar-refractivity contribution in [2.75, 3.05) is 17.7 Å². The number of methoxy groups -OCH3 is 1. The van der Waals surface area contributed by atoms with Gasteiger partial charge >= 0.3 is 5.97 Å². The summed E-state index contributed by atoms with van der Waals surface area (Å²) in [6.07, 6.45) is 1.68. The summed E-state index contributed by atoms with van der Waals surface area (Å²) in [5.41, 5.74) is 1.68. The Labute approximate surface area is 200 Å². The van der Waals surface area contributed by atoms with Crippen LogP contribution >= 0.6 is 0 Å². The van der Waals surface area contributed by atoms with E-state index in [1.54, 1.807) is 80.0 Å². The maximum Gasteiger partial charge on any atom is 0.337 e. The number of anilines is 2. The van der Waals surface area contributed by atoms with Crippen LogP contribution in [0.3, 0.4) is 0 Å². The molecule has 2 aromatic heterocycles. The highest BCUT2D eigenvalue weighted by Gasteiger charge is 2.14. The van der Waals surface area contributed by atoms with Gasteiger partial charge in [0.1, 0.15) is 18.1 Å². The van der Waals surface area contributed by atoms with Gasteiger partial charge in [0.25, 0.3) is 11.8 Å². The quantitative estimate of drug-likeness (QED) is 0.371. The number of aromatic nitrogens is 2. The van der Waals surface area contributed by atoms with Crippen LogP contribution in [0.2, 0.25) is 0 Å². The second kappa shape index (κ2) is 10.4. The zero-order valence-electron chi connectivity index (χ0n) is 19.0. The fourth-order valence-corrected chi connectivity index (χ4v) is 3.14. The number of furan rings is 1. The Kier molecular flexibility index (Phi) is 6.91. The van der Waals surface area contributed by atoms with Crippen LogP contribution < -0.4 is 15.4 Å². The van der Waals surface area contributed by atoms with Gasteiger partial charge in [-0.1, -0.05) is 6.07 Å². The van der Waals surface area contributed by atoms with Gasteiger partial charge in [0.2, 0.25) is 0 Å². The number of carbonyl (C=O) groups excluding carboxylic acids is 3. The lowest BCUT2D eigenvalue weighted by molar-refractivity contribution is 0.0600. The number of esters is 1. The number of ether oxygens (including phenoxy) is 2. The number of hydrogen-bond acceptors (Lipinski definition) is 7. The summed E-state index contributed by atoms with van der Waals surface area (Å²) in [6, 6.07) is 18.0. The van der Waals surface area contributed by atoms with E-state index in [1.807, 2.05) is 0 Å². The molecule has 0 fully saturated rings. The van der Waals surface area contributed by atoms with Crippen molar-refractivity contribution in [3.05, 3.63) is 95.7 Å². The van der Waals surface area contributed by atoms with Crippen molar-refractivity contribution in [2.24, 2.45) is 7.05 Å². The molecule has 10 heteroatoms. The van der Waals surface area contributed by atoms with Crippen LogP contribution in [0.4, 0.5) is 11.4 Å². The molecule has 178 valence electrons. The van der Waals surface area contributed by atoms with Crippen molar-refractivity contribution >= 4 is 29.2 Å². The largest absolute Gasteiger partial charge is 0.486 e. The molecule has 0 radical (unpaired) electrons. The second-order valence-electron chi connectivity index (χ2n) is 7.43. The summed E-state index contributed by atoms with van der Waals surface area (Å²) in [4.78, 5) is 36.4. The van der Waals surface area contributed by atoms with Gasteiger partial charge < -0.3 is 24.5 Å². The van der Waals surface area contributed by atoms with Crippen LogP contribution in [0.25, 0.3) is 0 Å². The number of rotatable bonds is 8. The predicted molar refractivity (Wildman–Crippen MR) is 126 cm³/mol. The Morgan fingerprint density at radius 3 is 2.31 bits per heavy atom. The maximum atomic E-state index is 12.6. The molecular formula is C25H22N4O6. The molecule has 4 rings (SSSR count). The fourth-order valence-electron chi connectivity index (χ4n) is 3.14. The molecule has 0 saturated carbocycles. The lowest BCUT2D eigenvalue weighted by atomic mass is 10.2. The van der Waals surface area contributed by atoms with Gasteiger partial charge in [0, 0.05) is 24.6 Å². The minimum atomic E-state index is -0.452. The smallest absolute Gasteiger partial charge is 0.337 e. The molecule has 0 aliphatic heterocycles. The molecule has 10 nitrogen and oxygen atoms in total. The van der Waals surface area contributed by atoms with Gasteiger partial charge in [-0.3, -0.25) is 14.3 Å². The maximum absolute atomic E-state index is 12.6. The first-order valence-electron chi connectivity index (χ1n) is 10.5. The molecular weight excluding hydrogens is 452 g/mol. The Hall–Kier alpha value is -4.86. The normalized spacial score (nSPS) is 10.5. The molecule has 2 heterocycles. The summed E-state index contributed by atoms with van der Waals surface area (Å²) < 4.78 is 17.4. The lowest BCUT2D eigenvalue weighted by Gasteiger charge is -2.07. The van der Waals surface area contributed by atoms with Crippen LogP contribution in [-0.4, -0.2) is 34.7 Å². The molecule has 4 aromatic rings. The standard InChI is InChI=1S/C25H22N4O6/c1-29-13-12-21(28-29)23(30)26-17-4-3-5-18(14-17)27-24(31)22-11-10-20(35-22)15-34-19-8-6-16(7-9-19)25(32)33-2/h3-14H,15H2,1-2H3,(H,26,30)(H,27,31). The van der Waals surface area contributed by atoms with Crippen LogP contribution in [0.15, 0.2) is 77.3 Å². The molecule has 35 heavy (non-hydrogen) atoms. The third-order valence-electron chi connectivity index (χ3n) is 4.87. The lowest BCUT2D eigenvalue weighted by Crippen LogP contribution is -2.14. The highest BCUT2D eigenvalue weighted by molar-refractivity contribution is 6.04. The predicted octanol–water partition coefficient (Wildman–Crippen LogP) is 3.88. The number of benzene rings is 2. The van der Waals surface area contributed by atoms with E-state index in [1.165, 1.54) is 11.8 Å². The number of aryl methyl sites for hydroxylation is 1.